The fourth-order valence-electron chi connectivity index (χ4n) is 3.83. The number of carboxylic acid groups (broad SMARTS) is 1. The Hall–Kier alpha value is -2.59. The van der Waals surface area contributed by atoms with Gasteiger partial charge in [-0.15, -0.1) is 11.8 Å². The van der Waals surface area contributed by atoms with Crippen LogP contribution < -0.4 is 5.32 Å². The van der Waals surface area contributed by atoms with Crippen molar-refractivity contribution in [3.05, 3.63) is 40.7 Å². The normalized spacial score (nSPS) is 24.0. The smallest absolute Gasteiger partial charge is 0.406 e. The second kappa shape index (κ2) is 8.83. The zero-order chi connectivity index (χ0) is 21.1. The summed E-state index contributed by atoms with van der Waals surface area (Å²) in [4.78, 5) is 42.0. The summed E-state index contributed by atoms with van der Waals surface area (Å²) < 4.78 is 5.08. The highest BCUT2D eigenvalue weighted by atomic mass is 32.2. The van der Waals surface area contributed by atoms with Crippen molar-refractivity contribution in [2.75, 3.05) is 13.7 Å². The highest BCUT2D eigenvalue weighted by Crippen LogP contribution is 2.52. The Bertz CT molecular complexity index is 828. The van der Waals surface area contributed by atoms with Crippen molar-refractivity contribution < 1.29 is 29.3 Å². The first-order chi connectivity index (χ1) is 13.9. The Kier molecular flexibility index (Phi) is 6.43. The lowest BCUT2D eigenvalue weighted by Gasteiger charge is -2.47. The number of aliphatic carboxylic acids is 1. The molecule has 1 fully saturated rings. The lowest BCUT2D eigenvalue weighted by atomic mass is 9.77. The van der Waals surface area contributed by atoms with Crippen LogP contribution in [0, 0.1) is 11.8 Å². The Morgan fingerprint density at radius 3 is 2.76 bits per heavy atom. The van der Waals surface area contributed by atoms with Crippen molar-refractivity contribution in [3.63, 3.8) is 0 Å². The second-order valence-corrected chi connectivity index (χ2v) is 7.89. The van der Waals surface area contributed by atoms with Crippen LogP contribution >= 0.6 is 11.8 Å². The molecule has 2 aliphatic rings. The van der Waals surface area contributed by atoms with Crippen LogP contribution in [0.25, 0.3) is 0 Å². The number of thioether (sulfide) groups is 1. The molecule has 4 atom stereocenters. The second-order valence-electron chi connectivity index (χ2n) is 6.87. The number of ether oxygens (including phenoxy) is 1. The molecule has 0 bridgehead atoms. The summed E-state index contributed by atoms with van der Waals surface area (Å²) in [5.74, 6) is -2.17. The number of aromatic nitrogens is 1. The number of carbonyl (C=O) groups is 3. The maximum atomic E-state index is 12.5. The SMILES string of the molecule is CNC(=O)OCC[C@H]1C(SCc2ccccn2)=C(C(=O)O)N2C(=O)[C@H]([C@@H](C)O)[C@@H]12. The van der Waals surface area contributed by atoms with Crippen LogP contribution in [0.5, 0.6) is 0 Å². The maximum absolute atomic E-state index is 12.5. The van der Waals surface area contributed by atoms with Gasteiger partial charge in [-0.25, -0.2) is 9.59 Å². The largest absolute Gasteiger partial charge is 0.477 e. The van der Waals surface area contributed by atoms with Crippen LogP contribution in [0.2, 0.25) is 0 Å². The topological polar surface area (TPSA) is 129 Å². The number of aliphatic hydroxyl groups is 1. The van der Waals surface area contributed by atoms with Crippen LogP contribution in [0.4, 0.5) is 4.79 Å². The van der Waals surface area contributed by atoms with Gasteiger partial charge in [0.15, 0.2) is 0 Å². The van der Waals surface area contributed by atoms with Gasteiger partial charge in [-0.2, -0.15) is 0 Å². The molecular formula is C19H23N3O6S. The van der Waals surface area contributed by atoms with Crippen LogP contribution in [0.1, 0.15) is 19.0 Å². The maximum Gasteiger partial charge on any atom is 0.406 e. The van der Waals surface area contributed by atoms with Crippen molar-refractivity contribution in [1.82, 2.24) is 15.2 Å². The van der Waals surface area contributed by atoms with E-state index in [1.165, 1.54) is 30.6 Å². The number of hydrogen-bond donors (Lipinski definition) is 3. The number of carbonyl (C=O) groups excluding carboxylic acids is 2. The van der Waals surface area contributed by atoms with Gasteiger partial charge in [0.05, 0.1) is 30.4 Å². The summed E-state index contributed by atoms with van der Waals surface area (Å²) in [6.45, 7) is 1.59. The first kappa shape index (κ1) is 21.1. The van der Waals surface area contributed by atoms with Gasteiger partial charge in [0.25, 0.3) is 0 Å². The third-order valence-electron chi connectivity index (χ3n) is 5.10. The molecule has 156 valence electrons. The number of nitrogens with zero attached hydrogens (tertiary/aromatic N) is 2. The van der Waals surface area contributed by atoms with E-state index in [4.69, 9.17) is 4.74 Å². The van der Waals surface area contributed by atoms with E-state index in [1.807, 2.05) is 12.1 Å². The van der Waals surface area contributed by atoms with E-state index >= 15 is 0 Å². The molecule has 3 rings (SSSR count). The fraction of sp³-hybridized carbons (Fsp3) is 0.474. The zero-order valence-corrected chi connectivity index (χ0v) is 16.9. The third-order valence-corrected chi connectivity index (χ3v) is 6.35. The van der Waals surface area contributed by atoms with E-state index in [0.717, 1.165) is 5.69 Å². The van der Waals surface area contributed by atoms with Crippen molar-refractivity contribution in [1.29, 1.82) is 0 Å². The van der Waals surface area contributed by atoms with E-state index in [0.29, 0.717) is 17.1 Å². The molecule has 1 aromatic heterocycles. The molecule has 1 aromatic rings. The van der Waals surface area contributed by atoms with Crippen LogP contribution in [-0.2, 0) is 20.1 Å². The number of carboxylic acids is 1. The summed E-state index contributed by atoms with van der Waals surface area (Å²) in [5.41, 5.74) is 0.727. The van der Waals surface area contributed by atoms with Crippen LogP contribution in [0.15, 0.2) is 35.0 Å². The lowest BCUT2D eigenvalue weighted by Crippen LogP contribution is -2.64. The highest BCUT2D eigenvalue weighted by Gasteiger charge is 2.61. The molecule has 29 heavy (non-hydrogen) atoms. The summed E-state index contributed by atoms with van der Waals surface area (Å²) in [6, 6.07) is 5.01. The molecule has 2 aliphatic heterocycles. The minimum atomic E-state index is -1.19. The van der Waals surface area contributed by atoms with Crippen molar-refractivity contribution in [3.8, 4) is 0 Å². The van der Waals surface area contributed by atoms with Gasteiger partial charge in [0, 0.05) is 29.8 Å². The number of hydrogen-bond acceptors (Lipinski definition) is 7. The average molecular weight is 421 g/mol. The van der Waals surface area contributed by atoms with E-state index in [9.17, 15) is 24.6 Å². The molecule has 0 aliphatic carbocycles. The van der Waals surface area contributed by atoms with Gasteiger partial charge in [0.1, 0.15) is 5.70 Å². The summed E-state index contributed by atoms with van der Waals surface area (Å²) >= 11 is 1.31. The van der Waals surface area contributed by atoms with E-state index in [2.05, 4.69) is 10.3 Å². The van der Waals surface area contributed by atoms with Gasteiger partial charge < -0.3 is 25.2 Å². The molecule has 3 N–H and O–H groups in total. The fourth-order valence-corrected chi connectivity index (χ4v) is 5.10. The Morgan fingerprint density at radius 1 is 1.41 bits per heavy atom. The highest BCUT2D eigenvalue weighted by molar-refractivity contribution is 8.02. The first-order valence-electron chi connectivity index (χ1n) is 9.22. The number of rotatable bonds is 8. The zero-order valence-electron chi connectivity index (χ0n) is 16.1. The number of alkyl carbamates (subject to hydrolysis) is 1. The molecule has 0 aromatic carbocycles. The number of amides is 2. The average Bonchev–Trinajstić information content (AvgIpc) is 2.96. The number of nitrogens with one attached hydrogen (secondary N) is 1. The van der Waals surface area contributed by atoms with Gasteiger partial charge >= 0.3 is 12.1 Å². The molecule has 0 spiro atoms. The van der Waals surface area contributed by atoms with Crippen molar-refractivity contribution >= 4 is 29.7 Å². The summed E-state index contributed by atoms with van der Waals surface area (Å²) in [6.07, 6.45) is 0.515. The van der Waals surface area contributed by atoms with Crippen molar-refractivity contribution in [2.45, 2.75) is 31.2 Å². The van der Waals surface area contributed by atoms with Gasteiger partial charge in [-0.05, 0) is 25.5 Å². The first-order valence-corrected chi connectivity index (χ1v) is 10.2. The van der Waals surface area contributed by atoms with E-state index in [-0.39, 0.29) is 18.2 Å². The lowest BCUT2D eigenvalue weighted by molar-refractivity contribution is -0.163. The third kappa shape index (κ3) is 4.08. The Labute approximate surface area is 172 Å². The monoisotopic (exact) mass is 421 g/mol. The molecule has 0 saturated carbocycles. The predicted octanol–water partition coefficient (Wildman–Crippen LogP) is 1.19. The molecule has 1 saturated heterocycles. The minimum absolute atomic E-state index is 0.0530. The molecule has 10 heteroatoms. The van der Waals surface area contributed by atoms with Crippen LogP contribution in [-0.4, -0.2) is 63.9 Å². The molecule has 2 amide bonds. The van der Waals surface area contributed by atoms with Crippen molar-refractivity contribution in [2.24, 2.45) is 11.8 Å². The number of aliphatic hydroxyl groups excluding tert-OH is 1. The predicted molar refractivity (Wildman–Crippen MR) is 105 cm³/mol. The molecule has 3 heterocycles. The molecular weight excluding hydrogens is 398 g/mol. The summed E-state index contributed by atoms with van der Waals surface area (Å²) in [5, 5.41) is 22.2. The number of β-lactam (4-membered cyclic amide) rings is 1. The molecule has 0 unspecified atom stereocenters. The molecule has 9 nitrogen and oxygen atoms in total. The van der Waals surface area contributed by atoms with Crippen LogP contribution in [0.3, 0.4) is 0 Å². The van der Waals surface area contributed by atoms with Gasteiger partial charge in [-0.1, -0.05) is 6.07 Å². The summed E-state index contributed by atoms with van der Waals surface area (Å²) in [7, 11) is 1.45. The number of pyridine rings is 1. The minimum Gasteiger partial charge on any atom is -0.477 e. The standard InChI is InChI=1S/C19H23N3O6S/c1-10(23)13-14-12(6-8-28-19(27)20-2)16(15(18(25)26)22(14)17(13)24)29-9-11-5-3-4-7-21-11/h3-5,7,10,12-14,23H,6,8-9H2,1-2H3,(H,20,27)(H,25,26)/t10-,12-,13-,14-/m1/s1. The van der Waals surface area contributed by atoms with Gasteiger partial charge in [0.2, 0.25) is 5.91 Å². The quantitative estimate of drug-likeness (QED) is 0.534. The Morgan fingerprint density at radius 2 is 2.17 bits per heavy atom. The van der Waals surface area contributed by atoms with E-state index < -0.39 is 36.0 Å². The Balaban J connectivity index is 1.87. The van der Waals surface area contributed by atoms with E-state index in [1.54, 1.807) is 12.3 Å². The molecule has 0 radical (unpaired) electrons. The number of fused-ring (bicyclic) bond motifs is 1. The van der Waals surface area contributed by atoms with Gasteiger partial charge in [-0.3, -0.25) is 9.78 Å².